The molecule has 4 heteroatoms. The molecule has 2 aliphatic carbocycles. The van der Waals surface area contributed by atoms with Crippen LogP contribution >= 0.6 is 0 Å². The standard InChI is InChI=1S/C13H21NO3/c1-8-6-11(8)7-17-13(16)9(2)14-12(15)10-4-3-5-10/h8-11H,3-7H2,1-2H3,(H,14,15)/t8-,9+,11-/m1/s1. The Morgan fingerprint density at radius 2 is 2.06 bits per heavy atom. The van der Waals surface area contributed by atoms with Crippen molar-refractivity contribution in [1.82, 2.24) is 5.32 Å². The Hall–Kier alpha value is -1.06. The molecule has 0 aromatic heterocycles. The van der Waals surface area contributed by atoms with Gasteiger partial charge in [0.05, 0.1) is 6.61 Å². The molecule has 2 rings (SSSR count). The van der Waals surface area contributed by atoms with Gasteiger partial charge in [0.15, 0.2) is 0 Å². The van der Waals surface area contributed by atoms with Gasteiger partial charge in [0.1, 0.15) is 6.04 Å². The number of hydrogen-bond acceptors (Lipinski definition) is 3. The lowest BCUT2D eigenvalue weighted by Crippen LogP contribution is -2.44. The predicted octanol–water partition coefficient (Wildman–Crippen LogP) is 1.49. The van der Waals surface area contributed by atoms with Gasteiger partial charge in [-0.2, -0.15) is 0 Å². The number of carbonyl (C=O) groups is 2. The summed E-state index contributed by atoms with van der Waals surface area (Å²) < 4.78 is 5.18. The van der Waals surface area contributed by atoms with Crippen molar-refractivity contribution in [2.75, 3.05) is 6.61 Å². The van der Waals surface area contributed by atoms with E-state index in [0.717, 1.165) is 25.7 Å². The van der Waals surface area contributed by atoms with Crippen LogP contribution < -0.4 is 5.32 Å². The topological polar surface area (TPSA) is 55.4 Å². The minimum absolute atomic E-state index is 0.000454. The Balaban J connectivity index is 1.65. The molecule has 96 valence electrons. The quantitative estimate of drug-likeness (QED) is 0.739. The molecule has 2 saturated carbocycles. The van der Waals surface area contributed by atoms with Crippen LogP contribution in [0.25, 0.3) is 0 Å². The smallest absolute Gasteiger partial charge is 0.328 e. The number of esters is 1. The third kappa shape index (κ3) is 3.20. The average molecular weight is 239 g/mol. The van der Waals surface area contributed by atoms with Crippen LogP contribution in [0.15, 0.2) is 0 Å². The lowest BCUT2D eigenvalue weighted by molar-refractivity contribution is -0.148. The van der Waals surface area contributed by atoms with Gasteiger partial charge in [0, 0.05) is 5.92 Å². The zero-order valence-electron chi connectivity index (χ0n) is 10.6. The summed E-state index contributed by atoms with van der Waals surface area (Å²) in [5.74, 6) is 1.03. The highest BCUT2D eigenvalue weighted by atomic mass is 16.5. The second-order valence-electron chi connectivity index (χ2n) is 5.46. The van der Waals surface area contributed by atoms with Crippen molar-refractivity contribution in [2.45, 2.75) is 45.6 Å². The fourth-order valence-electron chi connectivity index (χ4n) is 2.01. The van der Waals surface area contributed by atoms with Gasteiger partial charge in [-0.05, 0) is 38.0 Å². The summed E-state index contributed by atoms with van der Waals surface area (Å²) in [6.07, 6.45) is 4.17. The summed E-state index contributed by atoms with van der Waals surface area (Å²) in [5, 5.41) is 2.72. The van der Waals surface area contributed by atoms with Gasteiger partial charge in [0.25, 0.3) is 0 Å². The molecule has 1 amide bonds. The van der Waals surface area contributed by atoms with Gasteiger partial charge < -0.3 is 10.1 Å². The first kappa shape index (κ1) is 12.4. The second kappa shape index (κ2) is 5.07. The molecule has 2 aliphatic rings. The largest absolute Gasteiger partial charge is 0.464 e. The molecule has 1 N–H and O–H groups in total. The van der Waals surface area contributed by atoms with Gasteiger partial charge in [-0.3, -0.25) is 4.79 Å². The SMILES string of the molecule is C[C@H](NC(=O)C1CCC1)C(=O)OC[C@H]1C[C@H]1C. The Morgan fingerprint density at radius 1 is 1.41 bits per heavy atom. The Bertz CT molecular complexity index is 312. The van der Waals surface area contributed by atoms with E-state index in [2.05, 4.69) is 12.2 Å². The van der Waals surface area contributed by atoms with Gasteiger partial charge in [-0.1, -0.05) is 13.3 Å². The zero-order valence-corrected chi connectivity index (χ0v) is 10.6. The molecule has 0 saturated heterocycles. The molecule has 4 nitrogen and oxygen atoms in total. The third-order valence-electron chi connectivity index (χ3n) is 3.90. The van der Waals surface area contributed by atoms with Crippen molar-refractivity contribution < 1.29 is 14.3 Å². The fourth-order valence-corrected chi connectivity index (χ4v) is 2.01. The van der Waals surface area contributed by atoms with Crippen LogP contribution in [0.1, 0.15) is 39.5 Å². The molecular formula is C13H21NO3. The Labute approximate surface area is 102 Å². The summed E-state index contributed by atoms with van der Waals surface area (Å²) in [6, 6.07) is -0.517. The van der Waals surface area contributed by atoms with Crippen molar-refractivity contribution in [1.29, 1.82) is 0 Å². The van der Waals surface area contributed by atoms with E-state index in [1.165, 1.54) is 0 Å². The number of nitrogens with one attached hydrogen (secondary N) is 1. The lowest BCUT2D eigenvalue weighted by atomic mass is 9.84. The molecule has 0 aromatic carbocycles. The molecule has 0 heterocycles. The molecule has 0 spiro atoms. The first-order valence-electron chi connectivity index (χ1n) is 6.55. The van der Waals surface area contributed by atoms with Crippen LogP contribution in [0, 0.1) is 17.8 Å². The molecule has 0 unspecified atom stereocenters. The second-order valence-corrected chi connectivity index (χ2v) is 5.46. The van der Waals surface area contributed by atoms with E-state index >= 15 is 0 Å². The van der Waals surface area contributed by atoms with Crippen molar-refractivity contribution in [2.24, 2.45) is 17.8 Å². The summed E-state index contributed by atoms with van der Waals surface area (Å²) >= 11 is 0. The normalized spacial score (nSPS) is 29.1. The van der Waals surface area contributed by atoms with Crippen LogP contribution in [-0.2, 0) is 14.3 Å². The maximum atomic E-state index is 11.6. The zero-order chi connectivity index (χ0) is 12.4. The number of carbonyl (C=O) groups excluding carboxylic acids is 2. The average Bonchev–Trinajstić information content (AvgIpc) is 2.88. The highest BCUT2D eigenvalue weighted by Crippen LogP contribution is 2.37. The number of amides is 1. The molecule has 0 radical (unpaired) electrons. The number of hydrogen-bond donors (Lipinski definition) is 1. The highest BCUT2D eigenvalue weighted by Gasteiger charge is 2.34. The maximum Gasteiger partial charge on any atom is 0.328 e. The summed E-state index contributed by atoms with van der Waals surface area (Å²) in [7, 11) is 0. The van der Waals surface area contributed by atoms with Crippen LogP contribution in [0.4, 0.5) is 0 Å². The van der Waals surface area contributed by atoms with Crippen LogP contribution in [0.2, 0.25) is 0 Å². The molecule has 2 fully saturated rings. The van der Waals surface area contributed by atoms with Crippen molar-refractivity contribution in [3.05, 3.63) is 0 Å². The Morgan fingerprint density at radius 3 is 2.53 bits per heavy atom. The minimum Gasteiger partial charge on any atom is -0.464 e. The summed E-state index contributed by atoms with van der Waals surface area (Å²) in [4.78, 5) is 23.2. The van der Waals surface area contributed by atoms with E-state index in [9.17, 15) is 9.59 Å². The maximum absolute atomic E-state index is 11.6. The van der Waals surface area contributed by atoms with Gasteiger partial charge in [0.2, 0.25) is 5.91 Å². The van der Waals surface area contributed by atoms with Crippen LogP contribution in [0.3, 0.4) is 0 Å². The monoisotopic (exact) mass is 239 g/mol. The first-order chi connectivity index (χ1) is 8.08. The van der Waals surface area contributed by atoms with E-state index < -0.39 is 6.04 Å². The summed E-state index contributed by atoms with van der Waals surface area (Å²) in [6.45, 7) is 4.35. The van der Waals surface area contributed by atoms with Crippen molar-refractivity contribution >= 4 is 11.9 Å². The molecule has 17 heavy (non-hydrogen) atoms. The van der Waals surface area contributed by atoms with Crippen molar-refractivity contribution in [3.63, 3.8) is 0 Å². The third-order valence-corrected chi connectivity index (χ3v) is 3.90. The lowest BCUT2D eigenvalue weighted by Gasteiger charge is -2.25. The Kier molecular flexibility index (Phi) is 3.69. The van der Waals surface area contributed by atoms with Crippen molar-refractivity contribution in [3.8, 4) is 0 Å². The minimum atomic E-state index is -0.517. The van der Waals surface area contributed by atoms with E-state index in [-0.39, 0.29) is 17.8 Å². The predicted molar refractivity (Wildman–Crippen MR) is 63.2 cm³/mol. The van der Waals surface area contributed by atoms with Gasteiger partial charge in [-0.15, -0.1) is 0 Å². The fraction of sp³-hybridized carbons (Fsp3) is 0.846. The molecule has 3 atom stereocenters. The van der Waals surface area contributed by atoms with E-state index in [1.807, 2.05) is 0 Å². The molecule has 0 aromatic rings. The van der Waals surface area contributed by atoms with E-state index in [1.54, 1.807) is 6.92 Å². The number of rotatable bonds is 5. The molecule has 0 aliphatic heterocycles. The molecular weight excluding hydrogens is 218 g/mol. The summed E-state index contributed by atoms with van der Waals surface area (Å²) in [5.41, 5.74) is 0. The first-order valence-corrected chi connectivity index (χ1v) is 6.55. The van der Waals surface area contributed by atoms with E-state index in [0.29, 0.717) is 18.4 Å². The van der Waals surface area contributed by atoms with Crippen LogP contribution in [-0.4, -0.2) is 24.5 Å². The van der Waals surface area contributed by atoms with Gasteiger partial charge >= 0.3 is 5.97 Å². The highest BCUT2D eigenvalue weighted by molar-refractivity contribution is 5.85. The van der Waals surface area contributed by atoms with E-state index in [4.69, 9.17) is 4.74 Å². The van der Waals surface area contributed by atoms with Crippen LogP contribution in [0.5, 0.6) is 0 Å². The molecule has 0 bridgehead atoms. The number of ether oxygens (including phenoxy) is 1. The van der Waals surface area contributed by atoms with Gasteiger partial charge in [-0.25, -0.2) is 4.79 Å².